The Morgan fingerprint density at radius 3 is 2.29 bits per heavy atom. The molecule has 0 aromatic heterocycles. The minimum atomic E-state index is -4.88. The van der Waals surface area contributed by atoms with Crippen LogP contribution in [0, 0.1) is 11.3 Å². The van der Waals surface area contributed by atoms with Crippen molar-refractivity contribution in [1.82, 2.24) is 10.6 Å². The van der Waals surface area contributed by atoms with Crippen molar-refractivity contribution in [3.63, 3.8) is 0 Å². The predicted octanol–water partition coefficient (Wildman–Crippen LogP) is 4.18. The van der Waals surface area contributed by atoms with E-state index in [0.717, 1.165) is 38.2 Å². The van der Waals surface area contributed by atoms with Gasteiger partial charge < -0.3 is 10.6 Å². The van der Waals surface area contributed by atoms with Gasteiger partial charge in [-0.05, 0) is 6.42 Å². The fourth-order valence-electron chi connectivity index (χ4n) is 1.57. The molecule has 0 saturated heterocycles. The van der Waals surface area contributed by atoms with Crippen LogP contribution < -0.4 is 10.6 Å². The SMILES string of the molecule is CCCCCCCCNC(=O)NC(=C(Cl)C#N)C(F)(F)F. The van der Waals surface area contributed by atoms with Crippen LogP contribution in [0.2, 0.25) is 0 Å². The van der Waals surface area contributed by atoms with Gasteiger partial charge >= 0.3 is 12.2 Å². The molecule has 4 nitrogen and oxygen atoms in total. The molecule has 0 fully saturated rings. The van der Waals surface area contributed by atoms with Gasteiger partial charge in [-0.2, -0.15) is 18.4 Å². The number of unbranched alkanes of at least 4 members (excludes halogenated alkanes) is 5. The molecule has 0 aliphatic rings. The van der Waals surface area contributed by atoms with Crippen molar-refractivity contribution in [2.75, 3.05) is 6.54 Å². The molecule has 0 aromatic carbocycles. The van der Waals surface area contributed by atoms with E-state index in [9.17, 15) is 18.0 Å². The number of carbonyl (C=O) groups excluding carboxylic acids is 1. The fourth-order valence-corrected chi connectivity index (χ4v) is 1.73. The highest BCUT2D eigenvalue weighted by atomic mass is 35.5. The molecule has 0 aliphatic heterocycles. The maximum Gasteiger partial charge on any atom is 0.433 e. The molecule has 0 bridgehead atoms. The third kappa shape index (κ3) is 9.19. The Morgan fingerprint density at radius 2 is 1.76 bits per heavy atom. The van der Waals surface area contributed by atoms with Gasteiger partial charge in [-0.15, -0.1) is 0 Å². The quantitative estimate of drug-likeness (QED) is 0.519. The zero-order valence-electron chi connectivity index (χ0n) is 11.8. The lowest BCUT2D eigenvalue weighted by Crippen LogP contribution is -2.40. The van der Waals surface area contributed by atoms with Crippen LogP contribution >= 0.6 is 11.6 Å². The maximum atomic E-state index is 12.5. The number of allylic oxidation sites excluding steroid dienone is 2. The number of urea groups is 1. The standard InChI is InChI=1S/C13H19ClF3N3O/c1-2-3-4-5-6-7-8-19-12(21)20-11(10(14)9-18)13(15,16)17/h2-8H2,1H3,(H2,19,20,21). The molecular weight excluding hydrogens is 307 g/mol. The number of nitrogens with one attached hydrogen (secondary N) is 2. The second-order valence-electron chi connectivity index (χ2n) is 4.45. The van der Waals surface area contributed by atoms with E-state index in [0.29, 0.717) is 6.42 Å². The van der Waals surface area contributed by atoms with Crippen LogP contribution in [0.3, 0.4) is 0 Å². The normalized spacial score (nSPS) is 12.4. The monoisotopic (exact) mass is 325 g/mol. The molecule has 0 atom stereocenters. The zero-order chi connectivity index (χ0) is 16.3. The highest BCUT2D eigenvalue weighted by molar-refractivity contribution is 6.32. The highest BCUT2D eigenvalue weighted by Gasteiger charge is 2.37. The van der Waals surface area contributed by atoms with Crippen LogP contribution in [0.1, 0.15) is 45.4 Å². The lowest BCUT2D eigenvalue weighted by molar-refractivity contribution is -0.0956. The fraction of sp³-hybridized carbons (Fsp3) is 0.692. The summed E-state index contributed by atoms with van der Waals surface area (Å²) in [6, 6.07) is 0.132. The number of rotatable bonds is 8. The third-order valence-electron chi connectivity index (χ3n) is 2.66. The van der Waals surface area contributed by atoms with Crippen molar-refractivity contribution in [1.29, 1.82) is 5.26 Å². The Morgan fingerprint density at radius 1 is 1.19 bits per heavy atom. The number of halogens is 4. The van der Waals surface area contributed by atoms with Gasteiger partial charge in [-0.25, -0.2) is 4.79 Å². The molecule has 0 heterocycles. The van der Waals surface area contributed by atoms with Gasteiger partial charge in [0.2, 0.25) is 0 Å². The van der Waals surface area contributed by atoms with E-state index in [2.05, 4.69) is 12.2 Å². The number of hydrogen-bond donors (Lipinski definition) is 2. The summed E-state index contributed by atoms with van der Waals surface area (Å²) >= 11 is 5.15. The Bertz CT molecular complexity index is 402. The Hall–Kier alpha value is -1.42. The van der Waals surface area contributed by atoms with Crippen molar-refractivity contribution in [3.05, 3.63) is 10.7 Å². The summed E-state index contributed by atoms with van der Waals surface area (Å²) in [5.74, 6) is 0. The summed E-state index contributed by atoms with van der Waals surface area (Å²) in [6.07, 6.45) is 1.14. The predicted molar refractivity (Wildman–Crippen MR) is 74.5 cm³/mol. The molecule has 0 aliphatic carbocycles. The van der Waals surface area contributed by atoms with Crippen LogP contribution in [0.5, 0.6) is 0 Å². The van der Waals surface area contributed by atoms with E-state index in [1.807, 2.05) is 0 Å². The topological polar surface area (TPSA) is 64.9 Å². The maximum absolute atomic E-state index is 12.5. The lowest BCUT2D eigenvalue weighted by Gasteiger charge is -2.13. The summed E-state index contributed by atoms with van der Waals surface area (Å²) in [4.78, 5) is 11.3. The minimum absolute atomic E-state index is 0.271. The van der Waals surface area contributed by atoms with Crippen LogP contribution in [0.25, 0.3) is 0 Å². The zero-order valence-corrected chi connectivity index (χ0v) is 12.6. The molecule has 8 heteroatoms. The molecule has 0 saturated carbocycles. The molecule has 0 spiro atoms. The van der Waals surface area contributed by atoms with Crippen LogP contribution in [-0.2, 0) is 0 Å². The van der Waals surface area contributed by atoms with Crippen molar-refractivity contribution >= 4 is 17.6 Å². The van der Waals surface area contributed by atoms with Crippen LogP contribution in [0.4, 0.5) is 18.0 Å². The molecule has 120 valence electrons. The third-order valence-corrected chi connectivity index (χ3v) is 2.93. The summed E-state index contributed by atoms with van der Waals surface area (Å²) < 4.78 is 37.6. The van der Waals surface area contributed by atoms with Gasteiger partial charge in [0.25, 0.3) is 0 Å². The number of alkyl halides is 3. The van der Waals surface area contributed by atoms with Crippen LogP contribution in [0.15, 0.2) is 10.7 Å². The van der Waals surface area contributed by atoms with E-state index < -0.39 is 22.9 Å². The smallest absolute Gasteiger partial charge is 0.338 e. The minimum Gasteiger partial charge on any atom is -0.338 e. The molecule has 0 unspecified atom stereocenters. The number of nitrogens with zero attached hydrogens (tertiary/aromatic N) is 1. The number of amides is 2. The molecular formula is C13H19ClF3N3O. The van der Waals surface area contributed by atoms with Crippen molar-refractivity contribution < 1.29 is 18.0 Å². The van der Waals surface area contributed by atoms with Crippen molar-refractivity contribution in [2.24, 2.45) is 0 Å². The first kappa shape index (κ1) is 19.6. The van der Waals surface area contributed by atoms with E-state index >= 15 is 0 Å². The van der Waals surface area contributed by atoms with Gasteiger partial charge in [0.1, 0.15) is 11.1 Å². The van der Waals surface area contributed by atoms with Gasteiger partial charge in [0, 0.05) is 6.54 Å². The van der Waals surface area contributed by atoms with Crippen molar-refractivity contribution in [3.8, 4) is 6.07 Å². The first-order valence-electron chi connectivity index (χ1n) is 6.74. The Kier molecular flexibility index (Phi) is 9.63. The molecule has 0 aromatic rings. The molecule has 2 amide bonds. The first-order valence-corrected chi connectivity index (χ1v) is 7.12. The summed E-state index contributed by atoms with van der Waals surface area (Å²) in [6.45, 7) is 2.37. The van der Waals surface area contributed by atoms with Gasteiger partial charge in [-0.3, -0.25) is 0 Å². The largest absolute Gasteiger partial charge is 0.433 e. The summed E-state index contributed by atoms with van der Waals surface area (Å²) in [5, 5.41) is 11.2. The van der Waals surface area contributed by atoms with Crippen LogP contribution in [-0.4, -0.2) is 18.8 Å². The van der Waals surface area contributed by atoms with E-state index in [1.165, 1.54) is 0 Å². The van der Waals surface area contributed by atoms with Gasteiger partial charge in [-0.1, -0.05) is 50.6 Å². The van der Waals surface area contributed by atoms with Gasteiger partial charge in [0.05, 0.1) is 0 Å². The lowest BCUT2D eigenvalue weighted by atomic mass is 10.1. The summed E-state index contributed by atoms with van der Waals surface area (Å²) in [5.41, 5.74) is -1.55. The second-order valence-corrected chi connectivity index (χ2v) is 4.83. The first-order chi connectivity index (χ1) is 9.82. The average molecular weight is 326 g/mol. The highest BCUT2D eigenvalue weighted by Crippen LogP contribution is 2.27. The number of carbonyl (C=O) groups is 1. The average Bonchev–Trinajstić information content (AvgIpc) is 2.41. The van der Waals surface area contributed by atoms with Crippen molar-refractivity contribution in [2.45, 2.75) is 51.6 Å². The molecule has 2 N–H and O–H groups in total. The molecule has 0 rings (SSSR count). The van der Waals surface area contributed by atoms with E-state index in [1.54, 1.807) is 5.32 Å². The van der Waals surface area contributed by atoms with E-state index in [-0.39, 0.29) is 6.54 Å². The molecule has 0 radical (unpaired) electrons. The molecule has 21 heavy (non-hydrogen) atoms. The van der Waals surface area contributed by atoms with Gasteiger partial charge in [0.15, 0.2) is 5.70 Å². The number of hydrogen-bond acceptors (Lipinski definition) is 2. The van der Waals surface area contributed by atoms with E-state index in [4.69, 9.17) is 16.9 Å². The second kappa shape index (κ2) is 10.3. The Balaban J connectivity index is 4.11. The Labute approximate surface area is 127 Å². The summed E-state index contributed by atoms with van der Waals surface area (Å²) in [7, 11) is 0. The number of nitriles is 1.